The maximum atomic E-state index is 5.49. The molecule has 0 aromatic heterocycles. The quantitative estimate of drug-likeness (QED) is 0.403. The van der Waals surface area contributed by atoms with Crippen LogP contribution in [0.4, 0.5) is 0 Å². The topological polar surface area (TPSA) is 9.23 Å². The zero-order valence-corrected chi connectivity index (χ0v) is 15.4. The van der Waals surface area contributed by atoms with Crippen molar-refractivity contribution >= 4 is 0 Å². The number of hydrogen-bond donors (Lipinski definition) is 0. The van der Waals surface area contributed by atoms with E-state index in [2.05, 4.69) is 72.4 Å². The average Bonchev–Trinajstić information content (AvgIpc) is 2.38. The second-order valence-electron chi connectivity index (χ2n) is 8.65. The van der Waals surface area contributed by atoms with E-state index in [1.807, 2.05) is 0 Å². The van der Waals surface area contributed by atoms with E-state index in [-0.39, 0.29) is 7.43 Å². The maximum absolute atomic E-state index is 5.49. The Balaban J connectivity index is 0.00000484. The van der Waals surface area contributed by atoms with Crippen molar-refractivity contribution in [2.75, 3.05) is 6.61 Å². The van der Waals surface area contributed by atoms with Gasteiger partial charge in [0.1, 0.15) is 0 Å². The minimum Gasteiger partial charge on any atom is -0.373 e. The summed E-state index contributed by atoms with van der Waals surface area (Å²) in [6.45, 7) is 19.0. The van der Waals surface area contributed by atoms with Crippen molar-refractivity contribution in [2.45, 2.75) is 68.4 Å². The lowest BCUT2D eigenvalue weighted by atomic mass is 9.70. The molecule has 0 heterocycles. The Bertz CT molecular complexity index is 442. The molecule has 0 bridgehead atoms. The van der Waals surface area contributed by atoms with Gasteiger partial charge in [0.2, 0.25) is 0 Å². The molecule has 0 saturated heterocycles. The SMILES string of the molecule is C.C=CCOCc1ccc(CC(CC(C)(C)C)C(C)(C)C)cc1. The molecule has 1 aromatic carbocycles. The lowest BCUT2D eigenvalue weighted by Gasteiger charge is -2.36. The molecule has 0 saturated carbocycles. The van der Waals surface area contributed by atoms with E-state index in [9.17, 15) is 0 Å². The van der Waals surface area contributed by atoms with Crippen LogP contribution in [0.1, 0.15) is 66.5 Å². The van der Waals surface area contributed by atoms with Gasteiger partial charge in [-0.3, -0.25) is 0 Å². The Morgan fingerprint density at radius 1 is 1.00 bits per heavy atom. The minimum absolute atomic E-state index is 0. The van der Waals surface area contributed by atoms with Gasteiger partial charge in [-0.05, 0) is 40.7 Å². The summed E-state index contributed by atoms with van der Waals surface area (Å²) in [4.78, 5) is 0. The van der Waals surface area contributed by atoms with Gasteiger partial charge in [-0.25, -0.2) is 0 Å². The van der Waals surface area contributed by atoms with Crippen molar-refractivity contribution in [1.29, 1.82) is 0 Å². The van der Waals surface area contributed by atoms with Crippen LogP contribution in [-0.2, 0) is 17.8 Å². The van der Waals surface area contributed by atoms with E-state index >= 15 is 0 Å². The standard InChI is InChI=1S/C21H34O.CH4/c1-8-13-22-16-18-11-9-17(10-12-18)14-19(21(5,6)7)15-20(2,3)4;/h8-12,19H,1,13-16H2,2-7H3;1H4. The first-order chi connectivity index (χ1) is 10.1. The first-order valence-electron chi connectivity index (χ1n) is 8.38. The van der Waals surface area contributed by atoms with Gasteiger partial charge in [0.05, 0.1) is 13.2 Å². The average molecular weight is 319 g/mol. The van der Waals surface area contributed by atoms with Crippen molar-refractivity contribution in [2.24, 2.45) is 16.7 Å². The highest BCUT2D eigenvalue weighted by Crippen LogP contribution is 2.38. The summed E-state index contributed by atoms with van der Waals surface area (Å²) >= 11 is 0. The van der Waals surface area contributed by atoms with Crippen LogP contribution in [0, 0.1) is 16.7 Å². The van der Waals surface area contributed by atoms with Gasteiger partial charge in [-0.2, -0.15) is 0 Å². The summed E-state index contributed by atoms with van der Waals surface area (Å²) in [5.41, 5.74) is 3.36. The van der Waals surface area contributed by atoms with Crippen LogP contribution in [0.2, 0.25) is 0 Å². The second-order valence-corrected chi connectivity index (χ2v) is 8.65. The van der Waals surface area contributed by atoms with E-state index in [1.54, 1.807) is 6.08 Å². The smallest absolute Gasteiger partial charge is 0.0721 e. The van der Waals surface area contributed by atoms with E-state index < -0.39 is 0 Å². The Morgan fingerprint density at radius 2 is 1.52 bits per heavy atom. The lowest BCUT2D eigenvalue weighted by molar-refractivity contribution is 0.149. The molecule has 0 aliphatic heterocycles. The molecule has 23 heavy (non-hydrogen) atoms. The number of benzene rings is 1. The maximum Gasteiger partial charge on any atom is 0.0721 e. The van der Waals surface area contributed by atoms with E-state index in [1.165, 1.54) is 17.5 Å². The van der Waals surface area contributed by atoms with Gasteiger partial charge < -0.3 is 4.74 Å². The fourth-order valence-electron chi connectivity index (χ4n) is 2.74. The predicted octanol–water partition coefficient (Wildman–Crippen LogP) is 6.67. The van der Waals surface area contributed by atoms with Crippen LogP contribution in [0.25, 0.3) is 0 Å². The minimum atomic E-state index is 0. The zero-order valence-electron chi connectivity index (χ0n) is 15.4. The van der Waals surface area contributed by atoms with Crippen molar-refractivity contribution in [3.05, 3.63) is 48.0 Å². The molecule has 132 valence electrons. The normalized spacial score (nSPS) is 13.3. The van der Waals surface area contributed by atoms with Crippen molar-refractivity contribution < 1.29 is 4.74 Å². The van der Waals surface area contributed by atoms with E-state index in [0.717, 1.165) is 6.42 Å². The fraction of sp³-hybridized carbons (Fsp3) is 0.636. The van der Waals surface area contributed by atoms with Gasteiger partial charge in [0.25, 0.3) is 0 Å². The molecule has 0 aliphatic rings. The molecule has 1 rings (SSSR count). The second kappa shape index (κ2) is 9.27. The molecule has 1 heteroatoms. The van der Waals surface area contributed by atoms with Crippen molar-refractivity contribution in [3.8, 4) is 0 Å². The molecule has 1 unspecified atom stereocenters. The summed E-state index contributed by atoms with van der Waals surface area (Å²) < 4.78 is 5.49. The van der Waals surface area contributed by atoms with Gasteiger partial charge >= 0.3 is 0 Å². The Labute approximate surface area is 145 Å². The molecular formula is C22H38O. The van der Waals surface area contributed by atoms with E-state index in [4.69, 9.17) is 4.74 Å². The molecule has 0 aliphatic carbocycles. The molecule has 0 amide bonds. The third kappa shape index (κ3) is 8.95. The molecule has 1 nitrogen and oxygen atoms in total. The Morgan fingerprint density at radius 3 is 1.96 bits per heavy atom. The Hall–Kier alpha value is -1.08. The summed E-state index contributed by atoms with van der Waals surface area (Å²) in [5.74, 6) is 0.690. The van der Waals surface area contributed by atoms with Crippen LogP contribution >= 0.6 is 0 Å². The van der Waals surface area contributed by atoms with Crippen LogP contribution in [0.5, 0.6) is 0 Å². The summed E-state index contributed by atoms with van der Waals surface area (Å²) in [5, 5.41) is 0. The van der Waals surface area contributed by atoms with Gasteiger partial charge in [0.15, 0.2) is 0 Å². The lowest BCUT2D eigenvalue weighted by Crippen LogP contribution is -2.27. The van der Waals surface area contributed by atoms with Gasteiger partial charge in [-0.1, -0.05) is 79.3 Å². The van der Waals surface area contributed by atoms with Gasteiger partial charge in [-0.15, -0.1) is 6.58 Å². The number of rotatable bonds is 7. The highest BCUT2D eigenvalue weighted by molar-refractivity contribution is 5.22. The van der Waals surface area contributed by atoms with Crippen molar-refractivity contribution in [3.63, 3.8) is 0 Å². The van der Waals surface area contributed by atoms with Crippen LogP contribution in [0.3, 0.4) is 0 Å². The molecule has 0 spiro atoms. The largest absolute Gasteiger partial charge is 0.373 e. The highest BCUT2D eigenvalue weighted by atomic mass is 16.5. The molecule has 1 aromatic rings. The van der Waals surface area contributed by atoms with E-state index in [0.29, 0.717) is 30.0 Å². The molecule has 0 radical (unpaired) electrons. The third-order valence-corrected chi connectivity index (χ3v) is 4.09. The number of ether oxygens (including phenoxy) is 1. The van der Waals surface area contributed by atoms with Crippen LogP contribution in [0.15, 0.2) is 36.9 Å². The predicted molar refractivity (Wildman–Crippen MR) is 104 cm³/mol. The molecule has 0 N–H and O–H groups in total. The van der Waals surface area contributed by atoms with Crippen LogP contribution < -0.4 is 0 Å². The highest BCUT2D eigenvalue weighted by Gasteiger charge is 2.28. The summed E-state index contributed by atoms with van der Waals surface area (Å²) in [6.07, 6.45) is 4.18. The van der Waals surface area contributed by atoms with Gasteiger partial charge in [0, 0.05) is 0 Å². The number of hydrogen-bond acceptors (Lipinski definition) is 1. The molecular weight excluding hydrogens is 280 g/mol. The fourth-order valence-corrected chi connectivity index (χ4v) is 2.74. The molecule has 1 atom stereocenters. The van der Waals surface area contributed by atoms with Crippen molar-refractivity contribution in [1.82, 2.24) is 0 Å². The van der Waals surface area contributed by atoms with Crippen LogP contribution in [-0.4, -0.2) is 6.61 Å². The monoisotopic (exact) mass is 318 g/mol. The molecule has 0 fully saturated rings. The third-order valence-electron chi connectivity index (χ3n) is 4.09. The first-order valence-corrected chi connectivity index (χ1v) is 8.38. The summed E-state index contributed by atoms with van der Waals surface area (Å²) in [6, 6.07) is 8.90. The first kappa shape index (κ1) is 21.9. The zero-order chi connectivity index (χ0) is 16.8. The Kier molecular flexibility index (Phi) is 8.84. The summed E-state index contributed by atoms with van der Waals surface area (Å²) in [7, 11) is 0.